The van der Waals surface area contributed by atoms with Crippen molar-refractivity contribution in [3.63, 3.8) is 0 Å². The minimum atomic E-state index is 0.487. The second kappa shape index (κ2) is 4.10. The van der Waals surface area contributed by atoms with E-state index in [4.69, 9.17) is 4.74 Å². The van der Waals surface area contributed by atoms with Crippen LogP contribution in [0.25, 0.3) is 0 Å². The van der Waals surface area contributed by atoms with Crippen LogP contribution in [0.1, 0.15) is 32.4 Å². The second-order valence-electron chi connectivity index (χ2n) is 3.01. The molecule has 0 aliphatic rings. The predicted molar refractivity (Wildman–Crippen MR) is 49.5 cm³/mol. The molecule has 1 heterocycles. The first-order chi connectivity index (χ1) is 5.74. The van der Waals surface area contributed by atoms with Crippen LogP contribution in [-0.2, 0) is 0 Å². The van der Waals surface area contributed by atoms with Gasteiger partial charge in [-0.05, 0) is 25.0 Å². The summed E-state index contributed by atoms with van der Waals surface area (Å²) in [6.07, 6.45) is 1.78. The molecule has 0 N–H and O–H groups in total. The van der Waals surface area contributed by atoms with E-state index in [0.717, 1.165) is 11.4 Å². The summed E-state index contributed by atoms with van der Waals surface area (Å²) in [5.41, 5.74) is 1.11. The molecule has 0 radical (unpaired) electrons. The molecule has 0 saturated heterocycles. The van der Waals surface area contributed by atoms with Gasteiger partial charge in [0.25, 0.3) is 0 Å². The van der Waals surface area contributed by atoms with E-state index in [1.807, 2.05) is 19.1 Å². The fourth-order valence-electron chi connectivity index (χ4n) is 0.985. The number of pyridine rings is 1. The Hall–Kier alpha value is -1.05. The largest absolute Gasteiger partial charge is 0.492 e. The molecular formula is C10H15NO. The van der Waals surface area contributed by atoms with Gasteiger partial charge < -0.3 is 4.74 Å². The van der Waals surface area contributed by atoms with Crippen molar-refractivity contribution in [1.82, 2.24) is 4.98 Å². The van der Waals surface area contributed by atoms with E-state index in [2.05, 4.69) is 18.8 Å². The van der Waals surface area contributed by atoms with Crippen LogP contribution in [-0.4, -0.2) is 11.6 Å². The number of hydrogen-bond donors (Lipinski definition) is 0. The lowest BCUT2D eigenvalue weighted by Crippen LogP contribution is -1.95. The van der Waals surface area contributed by atoms with Crippen molar-refractivity contribution in [3.05, 3.63) is 24.0 Å². The highest BCUT2D eigenvalue weighted by molar-refractivity contribution is 5.21. The summed E-state index contributed by atoms with van der Waals surface area (Å²) >= 11 is 0. The number of aromatic nitrogens is 1. The first kappa shape index (κ1) is 9.04. The summed E-state index contributed by atoms with van der Waals surface area (Å²) in [7, 11) is 0. The molecule has 2 heteroatoms. The number of hydrogen-bond acceptors (Lipinski definition) is 2. The molecule has 12 heavy (non-hydrogen) atoms. The second-order valence-corrected chi connectivity index (χ2v) is 3.01. The van der Waals surface area contributed by atoms with Crippen LogP contribution >= 0.6 is 0 Å². The summed E-state index contributed by atoms with van der Waals surface area (Å²) in [6, 6.07) is 3.97. The molecule has 1 rings (SSSR count). The van der Waals surface area contributed by atoms with E-state index in [9.17, 15) is 0 Å². The molecule has 0 atom stereocenters. The van der Waals surface area contributed by atoms with Crippen molar-refractivity contribution in [2.75, 3.05) is 6.61 Å². The van der Waals surface area contributed by atoms with Crippen LogP contribution in [0.2, 0.25) is 0 Å². The molecule has 0 unspecified atom stereocenters. The lowest BCUT2D eigenvalue weighted by Gasteiger charge is -2.05. The highest BCUT2D eigenvalue weighted by Crippen LogP contribution is 2.14. The minimum absolute atomic E-state index is 0.487. The summed E-state index contributed by atoms with van der Waals surface area (Å²) in [6.45, 7) is 6.92. The summed E-state index contributed by atoms with van der Waals surface area (Å²) in [4.78, 5) is 4.27. The van der Waals surface area contributed by atoms with Gasteiger partial charge in [-0.3, -0.25) is 4.98 Å². The van der Waals surface area contributed by atoms with E-state index in [0.29, 0.717) is 12.5 Å². The van der Waals surface area contributed by atoms with Crippen LogP contribution in [0.3, 0.4) is 0 Å². The van der Waals surface area contributed by atoms with Gasteiger partial charge in [0.05, 0.1) is 12.8 Å². The Bertz CT molecular complexity index is 228. The van der Waals surface area contributed by atoms with Gasteiger partial charge in [0.2, 0.25) is 0 Å². The molecule has 0 aliphatic heterocycles. The van der Waals surface area contributed by atoms with Gasteiger partial charge in [0.15, 0.2) is 0 Å². The van der Waals surface area contributed by atoms with E-state index in [1.165, 1.54) is 0 Å². The Kier molecular flexibility index (Phi) is 3.09. The molecule has 0 spiro atoms. The zero-order valence-electron chi connectivity index (χ0n) is 7.87. The third kappa shape index (κ3) is 2.22. The van der Waals surface area contributed by atoms with Crippen molar-refractivity contribution in [1.29, 1.82) is 0 Å². The fraction of sp³-hybridized carbons (Fsp3) is 0.500. The van der Waals surface area contributed by atoms with Gasteiger partial charge in [0, 0.05) is 5.69 Å². The molecule has 0 amide bonds. The smallest absolute Gasteiger partial charge is 0.137 e. The minimum Gasteiger partial charge on any atom is -0.492 e. The summed E-state index contributed by atoms with van der Waals surface area (Å²) in [5.74, 6) is 1.34. The first-order valence-corrected chi connectivity index (χ1v) is 4.32. The molecule has 66 valence electrons. The molecule has 0 aliphatic carbocycles. The zero-order valence-corrected chi connectivity index (χ0v) is 7.87. The highest BCUT2D eigenvalue weighted by atomic mass is 16.5. The molecule has 1 aromatic heterocycles. The molecule has 2 nitrogen and oxygen atoms in total. The third-order valence-electron chi connectivity index (χ3n) is 1.66. The fourth-order valence-corrected chi connectivity index (χ4v) is 0.985. The maximum Gasteiger partial charge on any atom is 0.137 e. The Morgan fingerprint density at radius 3 is 2.58 bits per heavy atom. The van der Waals surface area contributed by atoms with Gasteiger partial charge in [-0.25, -0.2) is 0 Å². The van der Waals surface area contributed by atoms with Crippen LogP contribution in [0.15, 0.2) is 18.3 Å². The van der Waals surface area contributed by atoms with E-state index >= 15 is 0 Å². The monoisotopic (exact) mass is 165 g/mol. The predicted octanol–water partition coefficient (Wildman–Crippen LogP) is 2.60. The number of nitrogens with zero attached hydrogens (tertiary/aromatic N) is 1. The third-order valence-corrected chi connectivity index (χ3v) is 1.66. The van der Waals surface area contributed by atoms with Crippen LogP contribution in [0.4, 0.5) is 0 Å². The van der Waals surface area contributed by atoms with Crippen molar-refractivity contribution < 1.29 is 4.74 Å². The Labute approximate surface area is 73.6 Å². The van der Waals surface area contributed by atoms with Crippen LogP contribution in [0, 0.1) is 0 Å². The average molecular weight is 165 g/mol. The van der Waals surface area contributed by atoms with Gasteiger partial charge in [-0.1, -0.05) is 13.8 Å². The number of ether oxygens (including phenoxy) is 1. The quantitative estimate of drug-likeness (QED) is 0.686. The highest BCUT2D eigenvalue weighted by Gasteiger charge is 1.99. The van der Waals surface area contributed by atoms with Gasteiger partial charge in [-0.15, -0.1) is 0 Å². The molecule has 0 aromatic carbocycles. The number of rotatable bonds is 3. The van der Waals surface area contributed by atoms with Crippen molar-refractivity contribution in [2.24, 2.45) is 0 Å². The molecular weight excluding hydrogens is 150 g/mol. The van der Waals surface area contributed by atoms with Crippen molar-refractivity contribution >= 4 is 0 Å². The zero-order chi connectivity index (χ0) is 8.97. The topological polar surface area (TPSA) is 22.1 Å². The summed E-state index contributed by atoms with van der Waals surface area (Å²) < 4.78 is 5.28. The van der Waals surface area contributed by atoms with Crippen molar-refractivity contribution in [2.45, 2.75) is 26.7 Å². The average Bonchev–Trinajstić information content (AvgIpc) is 2.06. The standard InChI is InChI=1S/C10H15NO/c1-4-12-9-5-6-10(8(2)3)11-7-9/h5-8H,4H2,1-3H3. The van der Waals surface area contributed by atoms with E-state index in [1.54, 1.807) is 6.20 Å². The lowest BCUT2D eigenvalue weighted by atomic mass is 10.1. The van der Waals surface area contributed by atoms with Crippen molar-refractivity contribution in [3.8, 4) is 5.75 Å². The SMILES string of the molecule is CCOc1ccc(C(C)C)nc1. The normalized spacial score (nSPS) is 10.3. The Balaban J connectivity index is 2.71. The molecule has 0 saturated carbocycles. The Morgan fingerprint density at radius 1 is 1.42 bits per heavy atom. The molecule has 0 fully saturated rings. The van der Waals surface area contributed by atoms with E-state index in [-0.39, 0.29) is 0 Å². The lowest BCUT2D eigenvalue weighted by molar-refractivity contribution is 0.338. The molecule has 1 aromatic rings. The Morgan fingerprint density at radius 2 is 2.17 bits per heavy atom. The van der Waals surface area contributed by atoms with Gasteiger partial charge >= 0.3 is 0 Å². The summed E-state index contributed by atoms with van der Waals surface area (Å²) in [5, 5.41) is 0. The maximum atomic E-state index is 5.28. The van der Waals surface area contributed by atoms with E-state index < -0.39 is 0 Å². The molecule has 0 bridgehead atoms. The van der Waals surface area contributed by atoms with Crippen LogP contribution < -0.4 is 4.74 Å². The van der Waals surface area contributed by atoms with Crippen LogP contribution in [0.5, 0.6) is 5.75 Å². The maximum absolute atomic E-state index is 5.28. The first-order valence-electron chi connectivity index (χ1n) is 4.32. The van der Waals surface area contributed by atoms with Gasteiger partial charge in [-0.2, -0.15) is 0 Å². The van der Waals surface area contributed by atoms with Gasteiger partial charge in [0.1, 0.15) is 5.75 Å².